The number of halogens is 3. The zero-order valence-electron chi connectivity index (χ0n) is 14.8. The van der Waals surface area contributed by atoms with Gasteiger partial charge in [0, 0.05) is 15.2 Å². The SMILES string of the molecule is O=C(NCc1ccc(C=Nc2ccc(Br)cc2F)o1)C(=O)Nc1cccc(Cl)c1. The van der Waals surface area contributed by atoms with Gasteiger partial charge in [0.2, 0.25) is 0 Å². The lowest BCUT2D eigenvalue weighted by Crippen LogP contribution is -2.34. The maximum absolute atomic E-state index is 13.8. The molecule has 0 unspecified atom stereocenters. The Kier molecular flexibility index (Phi) is 6.79. The van der Waals surface area contributed by atoms with Crippen molar-refractivity contribution < 1.29 is 18.4 Å². The molecule has 0 atom stereocenters. The fourth-order valence-electron chi connectivity index (χ4n) is 2.28. The number of anilines is 1. The summed E-state index contributed by atoms with van der Waals surface area (Å²) < 4.78 is 19.9. The molecule has 3 rings (SSSR count). The van der Waals surface area contributed by atoms with Gasteiger partial charge in [-0.25, -0.2) is 9.38 Å². The van der Waals surface area contributed by atoms with Crippen molar-refractivity contribution in [1.82, 2.24) is 5.32 Å². The lowest BCUT2D eigenvalue weighted by molar-refractivity contribution is -0.136. The minimum Gasteiger partial charge on any atom is -0.458 e. The number of hydrogen-bond donors (Lipinski definition) is 2. The van der Waals surface area contributed by atoms with Crippen LogP contribution in [0, 0.1) is 5.82 Å². The van der Waals surface area contributed by atoms with Crippen LogP contribution in [0.3, 0.4) is 0 Å². The van der Waals surface area contributed by atoms with Gasteiger partial charge in [0.15, 0.2) is 0 Å². The predicted octanol–water partition coefficient (Wildman–Crippen LogP) is 4.84. The van der Waals surface area contributed by atoms with Crippen molar-refractivity contribution in [2.45, 2.75) is 6.54 Å². The fraction of sp³-hybridized carbons (Fsp3) is 0.0500. The van der Waals surface area contributed by atoms with Gasteiger partial charge in [-0.1, -0.05) is 33.6 Å². The molecule has 0 aliphatic rings. The first-order chi connectivity index (χ1) is 13.9. The summed E-state index contributed by atoms with van der Waals surface area (Å²) in [6.07, 6.45) is 1.36. The molecule has 0 saturated heterocycles. The number of furan rings is 1. The monoisotopic (exact) mass is 477 g/mol. The van der Waals surface area contributed by atoms with Gasteiger partial charge in [0.05, 0.1) is 18.4 Å². The summed E-state index contributed by atoms with van der Waals surface area (Å²) >= 11 is 9.01. The Bertz CT molecular complexity index is 1080. The number of carbonyl (C=O) groups excluding carboxylic acids is 2. The van der Waals surface area contributed by atoms with E-state index < -0.39 is 17.6 Å². The van der Waals surface area contributed by atoms with Crippen LogP contribution in [0.2, 0.25) is 5.02 Å². The first-order valence-corrected chi connectivity index (χ1v) is 9.50. The minimum atomic E-state index is -0.827. The van der Waals surface area contributed by atoms with Crippen LogP contribution < -0.4 is 10.6 Å². The Morgan fingerprint density at radius 2 is 1.97 bits per heavy atom. The number of nitrogens with one attached hydrogen (secondary N) is 2. The molecule has 0 fully saturated rings. The standard InChI is InChI=1S/C20H14BrClFN3O3/c21-12-4-7-18(17(23)8-12)24-10-15-5-6-16(29-15)11-25-19(27)20(28)26-14-3-1-2-13(22)9-14/h1-10H,11H2,(H,25,27)(H,26,28). The van der Waals surface area contributed by atoms with Crippen molar-refractivity contribution in [3.63, 3.8) is 0 Å². The van der Waals surface area contributed by atoms with E-state index in [9.17, 15) is 14.0 Å². The van der Waals surface area contributed by atoms with Gasteiger partial charge in [-0.3, -0.25) is 9.59 Å². The van der Waals surface area contributed by atoms with Crippen LogP contribution in [-0.2, 0) is 16.1 Å². The summed E-state index contributed by atoms with van der Waals surface area (Å²) in [6.45, 7) is 0.00227. The Morgan fingerprint density at radius 1 is 1.14 bits per heavy atom. The van der Waals surface area contributed by atoms with Gasteiger partial charge in [0.25, 0.3) is 0 Å². The van der Waals surface area contributed by atoms with Crippen LogP contribution in [0.1, 0.15) is 11.5 Å². The number of amides is 2. The second-order valence-electron chi connectivity index (χ2n) is 5.81. The summed E-state index contributed by atoms with van der Waals surface area (Å²) in [5.41, 5.74) is 0.575. The fourth-order valence-corrected chi connectivity index (χ4v) is 2.80. The molecule has 0 aliphatic carbocycles. The molecule has 3 aromatic rings. The molecule has 2 aromatic carbocycles. The van der Waals surface area contributed by atoms with E-state index >= 15 is 0 Å². The minimum absolute atomic E-state index is 0.00227. The van der Waals surface area contributed by atoms with Crippen LogP contribution in [0.15, 0.2) is 68.5 Å². The second-order valence-corrected chi connectivity index (χ2v) is 7.16. The van der Waals surface area contributed by atoms with E-state index in [1.165, 1.54) is 24.4 Å². The molecule has 6 nitrogen and oxygen atoms in total. The maximum Gasteiger partial charge on any atom is 0.313 e. The first kappa shape index (κ1) is 20.8. The molecule has 0 bridgehead atoms. The zero-order valence-corrected chi connectivity index (χ0v) is 17.1. The number of nitrogens with zero attached hydrogens (tertiary/aromatic N) is 1. The van der Waals surface area contributed by atoms with Crippen molar-refractivity contribution in [2.24, 2.45) is 4.99 Å². The Balaban J connectivity index is 1.54. The van der Waals surface area contributed by atoms with E-state index in [0.29, 0.717) is 26.7 Å². The largest absolute Gasteiger partial charge is 0.458 e. The molecule has 1 heterocycles. The van der Waals surface area contributed by atoms with Gasteiger partial charge >= 0.3 is 11.8 Å². The van der Waals surface area contributed by atoms with Crippen molar-refractivity contribution in [2.75, 3.05) is 5.32 Å². The number of benzene rings is 2. The Labute approximate surface area is 178 Å². The average molecular weight is 479 g/mol. The average Bonchev–Trinajstić information content (AvgIpc) is 3.13. The third-order valence-corrected chi connectivity index (χ3v) is 4.36. The summed E-state index contributed by atoms with van der Waals surface area (Å²) in [5.74, 6) is -1.34. The molecule has 1 aromatic heterocycles. The predicted molar refractivity (Wildman–Crippen MR) is 112 cm³/mol. The van der Waals surface area contributed by atoms with Crippen molar-refractivity contribution in [1.29, 1.82) is 0 Å². The lowest BCUT2D eigenvalue weighted by atomic mass is 10.3. The van der Waals surface area contributed by atoms with E-state index in [4.69, 9.17) is 16.0 Å². The normalized spacial score (nSPS) is 10.9. The smallest absolute Gasteiger partial charge is 0.313 e. The van der Waals surface area contributed by atoms with Gasteiger partial charge in [-0.05, 0) is 48.5 Å². The Hall–Kier alpha value is -2.97. The lowest BCUT2D eigenvalue weighted by Gasteiger charge is -2.05. The highest BCUT2D eigenvalue weighted by atomic mass is 79.9. The number of rotatable bonds is 5. The molecule has 0 spiro atoms. The molecule has 2 amide bonds. The third kappa shape index (κ3) is 6.00. The Morgan fingerprint density at radius 3 is 2.72 bits per heavy atom. The zero-order chi connectivity index (χ0) is 20.8. The third-order valence-electron chi connectivity index (χ3n) is 3.63. The van der Waals surface area contributed by atoms with Crippen molar-refractivity contribution >= 4 is 56.9 Å². The maximum atomic E-state index is 13.8. The van der Waals surface area contributed by atoms with E-state index in [2.05, 4.69) is 31.6 Å². The second kappa shape index (κ2) is 9.49. The summed E-state index contributed by atoms with van der Waals surface area (Å²) in [7, 11) is 0. The molecule has 148 valence electrons. The quantitative estimate of drug-likeness (QED) is 0.406. The van der Waals surface area contributed by atoms with Crippen LogP contribution in [0.4, 0.5) is 15.8 Å². The first-order valence-electron chi connectivity index (χ1n) is 8.33. The van der Waals surface area contributed by atoms with Crippen LogP contribution >= 0.6 is 27.5 Å². The van der Waals surface area contributed by atoms with E-state index in [0.717, 1.165) is 0 Å². The topological polar surface area (TPSA) is 83.7 Å². The highest BCUT2D eigenvalue weighted by molar-refractivity contribution is 9.10. The summed E-state index contributed by atoms with van der Waals surface area (Å²) in [4.78, 5) is 27.9. The van der Waals surface area contributed by atoms with Gasteiger partial charge in [-0.15, -0.1) is 0 Å². The molecule has 0 saturated carbocycles. The van der Waals surface area contributed by atoms with E-state index in [-0.39, 0.29) is 12.2 Å². The molecule has 29 heavy (non-hydrogen) atoms. The van der Waals surface area contributed by atoms with Crippen molar-refractivity contribution in [3.05, 3.63) is 81.4 Å². The van der Waals surface area contributed by atoms with Crippen LogP contribution in [-0.4, -0.2) is 18.0 Å². The number of carbonyl (C=O) groups is 2. The van der Waals surface area contributed by atoms with Crippen LogP contribution in [0.5, 0.6) is 0 Å². The molecule has 9 heteroatoms. The highest BCUT2D eigenvalue weighted by Crippen LogP contribution is 2.22. The molecule has 2 N–H and O–H groups in total. The summed E-state index contributed by atoms with van der Waals surface area (Å²) in [5, 5.41) is 5.33. The number of aliphatic imine (C=N–C) groups is 1. The van der Waals surface area contributed by atoms with Crippen LogP contribution in [0.25, 0.3) is 0 Å². The van der Waals surface area contributed by atoms with E-state index in [1.807, 2.05) is 0 Å². The summed E-state index contributed by atoms with van der Waals surface area (Å²) in [6, 6.07) is 14.2. The van der Waals surface area contributed by atoms with Gasteiger partial charge in [0.1, 0.15) is 17.3 Å². The van der Waals surface area contributed by atoms with Crippen molar-refractivity contribution in [3.8, 4) is 0 Å². The molecule has 0 radical (unpaired) electrons. The molecular weight excluding hydrogens is 465 g/mol. The molecule has 0 aliphatic heterocycles. The molecular formula is C20H14BrClFN3O3. The number of hydrogen-bond acceptors (Lipinski definition) is 4. The van der Waals surface area contributed by atoms with E-state index in [1.54, 1.807) is 36.4 Å². The highest BCUT2D eigenvalue weighted by Gasteiger charge is 2.14. The van der Waals surface area contributed by atoms with Gasteiger partial charge in [-0.2, -0.15) is 0 Å². The van der Waals surface area contributed by atoms with Gasteiger partial charge < -0.3 is 15.1 Å².